The molecule has 1 aromatic heterocycles. The van der Waals surface area contributed by atoms with Gasteiger partial charge in [0.15, 0.2) is 5.82 Å². The first-order valence-electron chi connectivity index (χ1n) is 11.4. The molecular formula is C28H24N2O5. The Morgan fingerprint density at radius 1 is 1.03 bits per heavy atom. The fourth-order valence-electron chi connectivity index (χ4n) is 4.31. The number of hydrogen-bond acceptors (Lipinski definition) is 6. The summed E-state index contributed by atoms with van der Waals surface area (Å²) in [5.41, 5.74) is 1.08. The summed E-state index contributed by atoms with van der Waals surface area (Å²) >= 11 is 0. The molecule has 1 fully saturated rings. The molecule has 1 amide bonds. The monoisotopic (exact) mass is 468 g/mol. The van der Waals surface area contributed by atoms with Crippen molar-refractivity contribution in [3.63, 3.8) is 0 Å². The number of carbonyl (C=O) groups excluding carboxylic acids is 2. The number of aliphatic hydroxyl groups excluding tert-OH is 1. The largest absolute Gasteiger partial charge is 0.507 e. The number of hydrogen-bond donors (Lipinski definition) is 1. The molecule has 1 saturated heterocycles. The number of rotatable bonds is 6. The number of aryl methyl sites for hydroxylation is 1. The van der Waals surface area contributed by atoms with Crippen molar-refractivity contribution >= 4 is 34.0 Å². The van der Waals surface area contributed by atoms with Crippen LogP contribution in [-0.4, -0.2) is 28.6 Å². The second kappa shape index (κ2) is 9.10. The molecule has 0 unspecified atom stereocenters. The van der Waals surface area contributed by atoms with Crippen molar-refractivity contribution in [3.05, 3.63) is 95.3 Å². The van der Waals surface area contributed by atoms with Crippen molar-refractivity contribution in [3.8, 4) is 5.75 Å². The first-order valence-corrected chi connectivity index (χ1v) is 11.4. The van der Waals surface area contributed by atoms with Gasteiger partial charge in [-0.25, -0.2) is 0 Å². The second-order valence-electron chi connectivity index (χ2n) is 8.44. The van der Waals surface area contributed by atoms with Gasteiger partial charge in [-0.3, -0.25) is 14.5 Å². The third-order valence-corrected chi connectivity index (χ3v) is 6.00. The minimum Gasteiger partial charge on any atom is -0.507 e. The molecule has 1 aliphatic heterocycles. The lowest BCUT2D eigenvalue weighted by atomic mass is 9.94. The Morgan fingerprint density at radius 2 is 1.77 bits per heavy atom. The molecule has 1 aliphatic rings. The molecule has 0 saturated carbocycles. The first-order chi connectivity index (χ1) is 17.0. The van der Waals surface area contributed by atoms with Crippen LogP contribution in [0.25, 0.3) is 16.5 Å². The quantitative estimate of drug-likeness (QED) is 0.227. The van der Waals surface area contributed by atoms with E-state index in [1.165, 1.54) is 4.90 Å². The summed E-state index contributed by atoms with van der Waals surface area (Å²) in [5.74, 6) is -0.422. The summed E-state index contributed by atoms with van der Waals surface area (Å²) in [6.45, 7) is 4.31. The molecule has 0 aliphatic carbocycles. The molecule has 5 rings (SSSR count). The summed E-state index contributed by atoms with van der Waals surface area (Å²) in [4.78, 5) is 27.7. The van der Waals surface area contributed by atoms with E-state index in [0.717, 1.165) is 17.2 Å². The van der Waals surface area contributed by atoms with Crippen LogP contribution in [-0.2, 0) is 9.59 Å². The number of carbonyl (C=O) groups is 2. The van der Waals surface area contributed by atoms with Gasteiger partial charge in [0.05, 0.1) is 18.2 Å². The molecule has 176 valence electrons. The van der Waals surface area contributed by atoms with Crippen LogP contribution >= 0.6 is 0 Å². The average molecular weight is 469 g/mol. The van der Waals surface area contributed by atoms with E-state index in [9.17, 15) is 14.7 Å². The molecule has 3 aromatic carbocycles. The number of ether oxygens (including phenoxy) is 1. The Hall–Kier alpha value is -4.39. The number of Topliss-reactive ketones (excluding diaryl/α,β-unsaturated/α-hetero) is 1. The maximum absolute atomic E-state index is 13.3. The van der Waals surface area contributed by atoms with Gasteiger partial charge < -0.3 is 14.4 Å². The molecule has 7 heteroatoms. The second-order valence-corrected chi connectivity index (χ2v) is 8.44. The van der Waals surface area contributed by atoms with Crippen LogP contribution in [0.5, 0.6) is 5.75 Å². The highest BCUT2D eigenvalue weighted by molar-refractivity contribution is 6.51. The highest BCUT2D eigenvalue weighted by Gasteiger charge is 2.48. The van der Waals surface area contributed by atoms with Crippen LogP contribution in [0.15, 0.2) is 82.9 Å². The summed E-state index contributed by atoms with van der Waals surface area (Å²) in [5, 5.41) is 17.2. The van der Waals surface area contributed by atoms with Gasteiger partial charge in [-0.1, -0.05) is 60.6 Å². The van der Waals surface area contributed by atoms with E-state index in [1.807, 2.05) is 37.3 Å². The van der Waals surface area contributed by atoms with Crippen molar-refractivity contribution in [2.24, 2.45) is 0 Å². The number of anilines is 1. The molecule has 1 N–H and O–H groups in total. The van der Waals surface area contributed by atoms with Crippen molar-refractivity contribution < 1.29 is 24.0 Å². The molecule has 2 heterocycles. The van der Waals surface area contributed by atoms with Gasteiger partial charge in [0.1, 0.15) is 17.3 Å². The fourth-order valence-corrected chi connectivity index (χ4v) is 4.31. The van der Waals surface area contributed by atoms with Crippen molar-refractivity contribution in [2.45, 2.75) is 26.3 Å². The SMILES string of the molecule is CCCOc1ccc([C@H]2C(=C(O)c3ccc4ccccc4c3)C(=O)C(=O)N2c2cc(C)on2)cc1. The number of aromatic nitrogens is 1. The van der Waals surface area contributed by atoms with Gasteiger partial charge in [0, 0.05) is 11.6 Å². The molecular weight excluding hydrogens is 444 g/mol. The van der Waals surface area contributed by atoms with Gasteiger partial charge in [-0.2, -0.15) is 0 Å². The van der Waals surface area contributed by atoms with E-state index >= 15 is 0 Å². The van der Waals surface area contributed by atoms with Crippen molar-refractivity contribution in [2.75, 3.05) is 11.5 Å². The van der Waals surface area contributed by atoms with Gasteiger partial charge in [0.2, 0.25) is 0 Å². The number of aliphatic hydroxyl groups is 1. The van der Waals surface area contributed by atoms with E-state index in [1.54, 1.807) is 49.4 Å². The van der Waals surface area contributed by atoms with Crippen LogP contribution in [0.1, 0.15) is 36.3 Å². The smallest absolute Gasteiger partial charge is 0.301 e. The Morgan fingerprint density at radius 3 is 2.46 bits per heavy atom. The van der Waals surface area contributed by atoms with E-state index in [2.05, 4.69) is 5.16 Å². The van der Waals surface area contributed by atoms with Crippen molar-refractivity contribution in [1.82, 2.24) is 5.16 Å². The lowest BCUT2D eigenvalue weighted by Gasteiger charge is -2.23. The fraction of sp³-hybridized carbons (Fsp3) is 0.179. The molecule has 7 nitrogen and oxygen atoms in total. The predicted molar refractivity (Wildman–Crippen MR) is 132 cm³/mol. The Bertz CT molecular complexity index is 1450. The van der Waals surface area contributed by atoms with Gasteiger partial charge in [0.25, 0.3) is 5.78 Å². The predicted octanol–water partition coefficient (Wildman–Crippen LogP) is 5.55. The third-order valence-electron chi connectivity index (χ3n) is 6.00. The lowest BCUT2D eigenvalue weighted by Crippen LogP contribution is -2.29. The number of nitrogens with zero attached hydrogens (tertiary/aromatic N) is 2. The maximum Gasteiger partial charge on any atom is 0.301 e. The molecule has 0 spiro atoms. The first kappa shape index (κ1) is 22.4. The van der Waals surface area contributed by atoms with Gasteiger partial charge >= 0.3 is 5.91 Å². The van der Waals surface area contributed by atoms with Crippen LogP contribution in [0.3, 0.4) is 0 Å². The average Bonchev–Trinajstić information content (AvgIpc) is 3.42. The summed E-state index contributed by atoms with van der Waals surface area (Å²) in [6, 6.07) is 21.0. The molecule has 35 heavy (non-hydrogen) atoms. The normalized spacial score (nSPS) is 17.3. The zero-order chi connectivity index (χ0) is 24.5. The standard InChI is InChI=1S/C28H24N2O5/c1-3-14-34-22-12-10-19(11-13-22)25-24(27(32)28(33)30(25)23-15-17(2)35-29-23)26(31)21-9-8-18-6-4-5-7-20(18)16-21/h4-13,15-16,25,31H,3,14H2,1-2H3/t25-/m0/s1. The summed E-state index contributed by atoms with van der Waals surface area (Å²) < 4.78 is 10.9. The molecule has 4 aromatic rings. The van der Waals surface area contributed by atoms with E-state index in [0.29, 0.717) is 29.2 Å². The maximum atomic E-state index is 13.3. The summed E-state index contributed by atoms with van der Waals surface area (Å²) in [6.07, 6.45) is 0.874. The number of amides is 1. The molecule has 1 atom stereocenters. The lowest BCUT2D eigenvalue weighted by molar-refractivity contribution is -0.132. The molecule has 0 bridgehead atoms. The number of ketones is 1. The zero-order valence-electron chi connectivity index (χ0n) is 19.4. The van der Waals surface area contributed by atoms with Crippen LogP contribution in [0.2, 0.25) is 0 Å². The van der Waals surface area contributed by atoms with Crippen molar-refractivity contribution in [1.29, 1.82) is 0 Å². The Kier molecular flexibility index (Phi) is 5.82. The third kappa shape index (κ3) is 4.05. The zero-order valence-corrected chi connectivity index (χ0v) is 19.4. The van der Waals surface area contributed by atoms with Gasteiger partial charge in [-0.15, -0.1) is 0 Å². The minimum absolute atomic E-state index is 0.00633. The highest BCUT2D eigenvalue weighted by Crippen LogP contribution is 2.42. The Labute approximate surface area is 202 Å². The highest BCUT2D eigenvalue weighted by atomic mass is 16.5. The topological polar surface area (TPSA) is 92.9 Å². The van der Waals surface area contributed by atoms with E-state index < -0.39 is 17.7 Å². The van der Waals surface area contributed by atoms with Gasteiger partial charge in [-0.05, 0) is 47.9 Å². The van der Waals surface area contributed by atoms with Crippen LogP contribution in [0.4, 0.5) is 5.82 Å². The summed E-state index contributed by atoms with van der Waals surface area (Å²) in [7, 11) is 0. The van der Waals surface area contributed by atoms with Crippen LogP contribution < -0.4 is 9.64 Å². The minimum atomic E-state index is -0.883. The number of fused-ring (bicyclic) bond motifs is 1. The Balaban J connectivity index is 1.66. The van der Waals surface area contributed by atoms with E-state index in [4.69, 9.17) is 9.26 Å². The van der Waals surface area contributed by atoms with E-state index in [-0.39, 0.29) is 17.2 Å². The molecule has 0 radical (unpaired) electrons. The number of benzene rings is 3. The van der Waals surface area contributed by atoms with Crippen LogP contribution in [0, 0.1) is 6.92 Å².